The number of rotatable bonds is 4. The maximum Gasteiger partial charge on any atom is 0.227 e. The van der Waals surface area contributed by atoms with Gasteiger partial charge in [-0.1, -0.05) is 18.5 Å². The Labute approximate surface area is 159 Å². The monoisotopic (exact) mass is 372 g/mol. The van der Waals surface area contributed by atoms with E-state index in [0.29, 0.717) is 11.6 Å². The van der Waals surface area contributed by atoms with E-state index in [2.05, 4.69) is 16.8 Å². The first-order valence-electron chi connectivity index (χ1n) is 9.45. The van der Waals surface area contributed by atoms with E-state index in [0.717, 1.165) is 55.4 Å². The Morgan fingerprint density at radius 1 is 1.23 bits per heavy atom. The fourth-order valence-electron chi connectivity index (χ4n) is 3.97. The van der Waals surface area contributed by atoms with Gasteiger partial charge in [-0.3, -0.25) is 4.79 Å². The van der Waals surface area contributed by atoms with E-state index in [9.17, 15) is 4.79 Å². The minimum absolute atomic E-state index is 0.0494. The van der Waals surface area contributed by atoms with Gasteiger partial charge in [-0.05, 0) is 50.2 Å². The van der Waals surface area contributed by atoms with Crippen LogP contribution in [0, 0.1) is 5.92 Å². The van der Waals surface area contributed by atoms with Gasteiger partial charge in [-0.15, -0.1) is 0 Å². The molecule has 2 aliphatic rings. The molecule has 1 amide bonds. The summed E-state index contributed by atoms with van der Waals surface area (Å²) in [6, 6.07) is 7.67. The molecule has 0 bridgehead atoms. The predicted octanol–water partition coefficient (Wildman–Crippen LogP) is 3.35. The standard InChI is InChI=1S/C20H25ClN4O/c1-14(12-24-9-2-3-10-24)20(26)25-11-8-17-18(13-25)23-19(22-17)15-4-6-16(21)7-5-15/h4-7,14H,2-3,8-13H2,1H3,(H,22,23)/t14-/m0/s1. The van der Waals surface area contributed by atoms with E-state index >= 15 is 0 Å². The Morgan fingerprint density at radius 3 is 2.69 bits per heavy atom. The first kappa shape index (κ1) is 17.6. The summed E-state index contributed by atoms with van der Waals surface area (Å²) < 4.78 is 0. The molecule has 1 atom stereocenters. The van der Waals surface area contributed by atoms with Crippen molar-refractivity contribution in [2.75, 3.05) is 26.2 Å². The normalized spacial score (nSPS) is 18.8. The van der Waals surface area contributed by atoms with Crippen LogP contribution in [-0.2, 0) is 17.8 Å². The first-order valence-corrected chi connectivity index (χ1v) is 9.83. The van der Waals surface area contributed by atoms with Gasteiger partial charge in [0.25, 0.3) is 0 Å². The predicted molar refractivity (Wildman–Crippen MR) is 103 cm³/mol. The quantitative estimate of drug-likeness (QED) is 0.895. The van der Waals surface area contributed by atoms with Crippen molar-refractivity contribution >= 4 is 17.5 Å². The molecule has 1 aromatic carbocycles. The number of halogens is 1. The smallest absolute Gasteiger partial charge is 0.227 e. The van der Waals surface area contributed by atoms with Crippen molar-refractivity contribution in [3.05, 3.63) is 40.7 Å². The third-order valence-corrected chi connectivity index (χ3v) is 5.67. The molecule has 0 aliphatic carbocycles. The molecule has 1 N–H and O–H groups in total. The van der Waals surface area contributed by atoms with E-state index in [4.69, 9.17) is 16.6 Å². The zero-order valence-corrected chi connectivity index (χ0v) is 15.9. The molecule has 3 heterocycles. The molecule has 1 aromatic heterocycles. The zero-order chi connectivity index (χ0) is 18.1. The maximum absolute atomic E-state index is 12.9. The van der Waals surface area contributed by atoms with Crippen molar-refractivity contribution in [2.24, 2.45) is 5.92 Å². The zero-order valence-electron chi connectivity index (χ0n) is 15.2. The molecular weight excluding hydrogens is 348 g/mol. The lowest BCUT2D eigenvalue weighted by Crippen LogP contribution is -2.42. The summed E-state index contributed by atoms with van der Waals surface area (Å²) in [5, 5.41) is 0.717. The van der Waals surface area contributed by atoms with Crippen LogP contribution in [0.25, 0.3) is 11.4 Å². The lowest BCUT2D eigenvalue weighted by Gasteiger charge is -2.30. The molecule has 1 saturated heterocycles. The SMILES string of the molecule is C[C@@H](CN1CCCC1)C(=O)N1CCc2nc(-c3ccc(Cl)cc3)[nH]c2C1. The number of aromatic amines is 1. The van der Waals surface area contributed by atoms with Crippen molar-refractivity contribution in [3.63, 3.8) is 0 Å². The largest absolute Gasteiger partial charge is 0.340 e. The minimum atomic E-state index is 0.0494. The van der Waals surface area contributed by atoms with Gasteiger partial charge < -0.3 is 14.8 Å². The molecule has 5 nitrogen and oxygen atoms in total. The van der Waals surface area contributed by atoms with Crippen LogP contribution >= 0.6 is 11.6 Å². The number of nitrogens with one attached hydrogen (secondary N) is 1. The molecular formula is C20H25ClN4O. The van der Waals surface area contributed by atoms with E-state index in [1.54, 1.807) is 0 Å². The van der Waals surface area contributed by atoms with Crippen LogP contribution in [0.1, 0.15) is 31.2 Å². The van der Waals surface area contributed by atoms with Gasteiger partial charge in [0.2, 0.25) is 5.91 Å². The van der Waals surface area contributed by atoms with Crippen LogP contribution in [0.4, 0.5) is 0 Å². The number of H-pyrrole nitrogens is 1. The van der Waals surface area contributed by atoms with Gasteiger partial charge in [0.1, 0.15) is 5.82 Å². The molecule has 0 unspecified atom stereocenters. The number of hydrogen-bond acceptors (Lipinski definition) is 3. The summed E-state index contributed by atoms with van der Waals surface area (Å²) in [6.07, 6.45) is 3.33. The Bertz CT molecular complexity index is 780. The van der Waals surface area contributed by atoms with Crippen LogP contribution in [0.5, 0.6) is 0 Å². The number of carbonyl (C=O) groups excluding carboxylic acids is 1. The summed E-state index contributed by atoms with van der Waals surface area (Å²) in [4.78, 5) is 25.4. The Hall–Kier alpha value is -1.85. The molecule has 4 rings (SSSR count). The van der Waals surface area contributed by atoms with E-state index < -0.39 is 0 Å². The van der Waals surface area contributed by atoms with Gasteiger partial charge in [0.15, 0.2) is 0 Å². The highest BCUT2D eigenvalue weighted by Gasteiger charge is 2.28. The Morgan fingerprint density at radius 2 is 1.96 bits per heavy atom. The molecule has 2 aromatic rings. The van der Waals surface area contributed by atoms with Gasteiger partial charge in [-0.25, -0.2) is 4.98 Å². The van der Waals surface area contributed by atoms with Crippen LogP contribution in [-0.4, -0.2) is 51.9 Å². The number of benzene rings is 1. The second-order valence-electron chi connectivity index (χ2n) is 7.44. The Kier molecular flexibility index (Phi) is 5.00. The van der Waals surface area contributed by atoms with Crippen molar-refractivity contribution in [1.29, 1.82) is 0 Å². The van der Waals surface area contributed by atoms with Crippen molar-refractivity contribution in [2.45, 2.75) is 32.7 Å². The highest BCUT2D eigenvalue weighted by atomic mass is 35.5. The summed E-state index contributed by atoms with van der Waals surface area (Å²) in [5.74, 6) is 1.16. The average Bonchev–Trinajstić information content (AvgIpc) is 3.30. The molecule has 138 valence electrons. The molecule has 0 spiro atoms. The highest BCUT2D eigenvalue weighted by molar-refractivity contribution is 6.30. The molecule has 0 radical (unpaired) electrons. The number of hydrogen-bond donors (Lipinski definition) is 1. The van der Waals surface area contributed by atoms with E-state index in [-0.39, 0.29) is 11.8 Å². The molecule has 2 aliphatic heterocycles. The number of amides is 1. The van der Waals surface area contributed by atoms with Crippen molar-refractivity contribution in [3.8, 4) is 11.4 Å². The van der Waals surface area contributed by atoms with Gasteiger partial charge >= 0.3 is 0 Å². The Balaban J connectivity index is 1.43. The molecule has 26 heavy (non-hydrogen) atoms. The lowest BCUT2D eigenvalue weighted by molar-refractivity contribution is -0.136. The topological polar surface area (TPSA) is 52.2 Å². The van der Waals surface area contributed by atoms with Crippen LogP contribution in [0.2, 0.25) is 5.02 Å². The lowest BCUT2D eigenvalue weighted by atomic mass is 10.1. The van der Waals surface area contributed by atoms with Gasteiger partial charge in [-0.2, -0.15) is 0 Å². The first-order chi connectivity index (χ1) is 12.6. The molecule has 0 saturated carbocycles. The number of likely N-dealkylation sites (tertiary alicyclic amines) is 1. The fraction of sp³-hybridized carbons (Fsp3) is 0.500. The summed E-state index contributed by atoms with van der Waals surface area (Å²) >= 11 is 5.97. The number of imidazole rings is 1. The van der Waals surface area contributed by atoms with Crippen LogP contribution in [0.3, 0.4) is 0 Å². The number of nitrogens with zero attached hydrogens (tertiary/aromatic N) is 3. The number of fused-ring (bicyclic) bond motifs is 1. The summed E-state index contributed by atoms with van der Waals surface area (Å²) in [6.45, 7) is 6.57. The van der Waals surface area contributed by atoms with Gasteiger partial charge in [0.05, 0.1) is 17.9 Å². The van der Waals surface area contributed by atoms with Crippen LogP contribution < -0.4 is 0 Å². The highest BCUT2D eigenvalue weighted by Crippen LogP contribution is 2.25. The number of aromatic nitrogens is 2. The van der Waals surface area contributed by atoms with Crippen molar-refractivity contribution < 1.29 is 4.79 Å². The summed E-state index contributed by atoms with van der Waals surface area (Å²) in [7, 11) is 0. The van der Waals surface area contributed by atoms with Gasteiger partial charge in [0, 0.05) is 36.0 Å². The summed E-state index contributed by atoms with van der Waals surface area (Å²) in [5.41, 5.74) is 3.15. The second kappa shape index (κ2) is 7.41. The third-order valence-electron chi connectivity index (χ3n) is 5.41. The third kappa shape index (κ3) is 3.64. The molecule has 6 heteroatoms. The maximum atomic E-state index is 12.9. The van der Waals surface area contributed by atoms with E-state index in [1.165, 1.54) is 12.8 Å². The number of carbonyl (C=O) groups is 1. The average molecular weight is 373 g/mol. The minimum Gasteiger partial charge on any atom is -0.340 e. The fourth-order valence-corrected chi connectivity index (χ4v) is 4.09. The second-order valence-corrected chi connectivity index (χ2v) is 7.87. The van der Waals surface area contributed by atoms with Crippen molar-refractivity contribution in [1.82, 2.24) is 19.8 Å². The van der Waals surface area contributed by atoms with Crippen LogP contribution in [0.15, 0.2) is 24.3 Å². The molecule has 1 fully saturated rings. The van der Waals surface area contributed by atoms with E-state index in [1.807, 2.05) is 29.2 Å².